The third-order valence-corrected chi connectivity index (χ3v) is 4.64. The van der Waals surface area contributed by atoms with E-state index in [1.54, 1.807) is 0 Å². The van der Waals surface area contributed by atoms with Crippen molar-refractivity contribution in [1.29, 1.82) is 0 Å². The molecule has 0 amide bonds. The number of H-pyrrole nitrogens is 1. The molecule has 2 heterocycles. The predicted molar refractivity (Wildman–Crippen MR) is 92.9 cm³/mol. The van der Waals surface area contributed by atoms with E-state index in [1.807, 2.05) is 38.2 Å². The van der Waals surface area contributed by atoms with Gasteiger partial charge in [-0.25, -0.2) is 9.97 Å². The molecule has 1 aliphatic carbocycles. The molecule has 7 nitrogen and oxygen atoms in total. The fraction of sp³-hybridized carbons (Fsp3) is 0.588. The number of anilines is 1. The molecule has 1 aliphatic rings. The first kappa shape index (κ1) is 16.9. The van der Waals surface area contributed by atoms with Crippen LogP contribution in [0.25, 0.3) is 0 Å². The first-order chi connectivity index (χ1) is 11.5. The Hall–Kier alpha value is -1.99. The van der Waals surface area contributed by atoms with Gasteiger partial charge in [0.2, 0.25) is 0 Å². The van der Waals surface area contributed by atoms with Gasteiger partial charge < -0.3 is 15.3 Å². The van der Waals surface area contributed by atoms with Crippen LogP contribution in [0, 0.1) is 12.8 Å². The van der Waals surface area contributed by atoms with Crippen LogP contribution in [0.5, 0.6) is 0 Å². The highest BCUT2D eigenvalue weighted by molar-refractivity contribution is 5.37. The van der Waals surface area contributed by atoms with Crippen LogP contribution in [0.2, 0.25) is 0 Å². The molecular weight excluding hydrogens is 304 g/mol. The molecule has 1 fully saturated rings. The number of hydrogen-bond donors (Lipinski definition) is 3. The number of aryl methyl sites for hydroxylation is 1. The second kappa shape index (κ2) is 7.27. The zero-order valence-corrected chi connectivity index (χ0v) is 14.5. The third-order valence-electron chi connectivity index (χ3n) is 4.64. The molecule has 0 radical (unpaired) electrons. The molecule has 1 saturated carbocycles. The van der Waals surface area contributed by atoms with Crippen molar-refractivity contribution in [1.82, 2.24) is 25.5 Å². The lowest BCUT2D eigenvalue weighted by Gasteiger charge is -2.15. The average Bonchev–Trinajstić information content (AvgIpc) is 3.14. The lowest BCUT2D eigenvalue weighted by atomic mass is 10.0. The second-order valence-corrected chi connectivity index (χ2v) is 6.82. The summed E-state index contributed by atoms with van der Waals surface area (Å²) in [6, 6.07) is 4.10. The monoisotopic (exact) mass is 330 g/mol. The number of hydrogen-bond acceptors (Lipinski definition) is 6. The Morgan fingerprint density at radius 3 is 2.79 bits per heavy atom. The first-order valence-electron chi connectivity index (χ1n) is 8.43. The third kappa shape index (κ3) is 3.91. The largest absolute Gasteiger partial charge is 0.393 e. The van der Waals surface area contributed by atoms with E-state index in [9.17, 15) is 5.11 Å². The van der Waals surface area contributed by atoms with Gasteiger partial charge in [0.05, 0.1) is 6.10 Å². The molecule has 3 N–H and O–H groups in total. The van der Waals surface area contributed by atoms with Crippen LogP contribution < -0.4 is 10.2 Å². The van der Waals surface area contributed by atoms with Gasteiger partial charge in [0.15, 0.2) is 5.82 Å². The summed E-state index contributed by atoms with van der Waals surface area (Å²) in [6.45, 7) is 3.45. The average molecular weight is 330 g/mol. The van der Waals surface area contributed by atoms with E-state index in [-0.39, 0.29) is 17.9 Å². The van der Waals surface area contributed by atoms with Crippen molar-refractivity contribution in [2.45, 2.75) is 38.3 Å². The Morgan fingerprint density at radius 2 is 2.17 bits per heavy atom. The van der Waals surface area contributed by atoms with E-state index in [4.69, 9.17) is 0 Å². The number of pyridine rings is 1. The molecule has 0 unspecified atom stereocenters. The summed E-state index contributed by atoms with van der Waals surface area (Å²) in [4.78, 5) is 10.8. The molecule has 0 spiro atoms. The van der Waals surface area contributed by atoms with Crippen molar-refractivity contribution in [2.24, 2.45) is 5.92 Å². The SMILES string of the molecule is Cc1nc([C@H]2C[C@H](CNCc3ccc(N(C)C)nc3)[C@H](O)C2)n[nH]1. The van der Waals surface area contributed by atoms with E-state index >= 15 is 0 Å². The van der Waals surface area contributed by atoms with Crippen molar-refractivity contribution in [2.75, 3.05) is 25.5 Å². The number of nitrogens with one attached hydrogen (secondary N) is 2. The molecule has 0 aromatic carbocycles. The van der Waals surface area contributed by atoms with Crippen LogP contribution in [0.15, 0.2) is 18.3 Å². The smallest absolute Gasteiger partial charge is 0.153 e. The quantitative estimate of drug-likeness (QED) is 0.738. The van der Waals surface area contributed by atoms with E-state index in [0.717, 1.165) is 49.0 Å². The summed E-state index contributed by atoms with van der Waals surface area (Å²) in [5.41, 5.74) is 1.15. The minimum Gasteiger partial charge on any atom is -0.393 e. The molecule has 0 saturated heterocycles. The van der Waals surface area contributed by atoms with E-state index in [0.29, 0.717) is 0 Å². The van der Waals surface area contributed by atoms with Gasteiger partial charge in [0, 0.05) is 39.3 Å². The van der Waals surface area contributed by atoms with Gasteiger partial charge in [0.1, 0.15) is 11.6 Å². The Morgan fingerprint density at radius 1 is 1.33 bits per heavy atom. The van der Waals surface area contributed by atoms with E-state index in [2.05, 4.69) is 31.5 Å². The highest BCUT2D eigenvalue weighted by atomic mass is 16.3. The van der Waals surface area contributed by atoms with Crippen LogP contribution in [0.4, 0.5) is 5.82 Å². The number of aliphatic hydroxyl groups is 1. The van der Waals surface area contributed by atoms with Gasteiger partial charge in [0.25, 0.3) is 0 Å². The summed E-state index contributed by atoms with van der Waals surface area (Å²) < 4.78 is 0. The molecule has 0 aliphatic heterocycles. The number of aliphatic hydroxyl groups excluding tert-OH is 1. The molecule has 2 aromatic heterocycles. The topological polar surface area (TPSA) is 90.0 Å². The Labute approximate surface area is 142 Å². The zero-order chi connectivity index (χ0) is 17.1. The van der Waals surface area contributed by atoms with Gasteiger partial charge in [-0.1, -0.05) is 6.07 Å². The standard InChI is InChI=1S/C17H26N6O/c1-11-20-17(22-21-11)13-6-14(15(24)7-13)10-18-8-12-4-5-16(19-9-12)23(2)3/h4-5,9,13-15,18,24H,6-8,10H2,1-3H3,(H,20,21,22)/t13-,14+,15+/m0/s1. The van der Waals surface area contributed by atoms with Crippen molar-refractivity contribution < 1.29 is 5.11 Å². The molecule has 0 bridgehead atoms. The van der Waals surface area contributed by atoms with Crippen LogP contribution in [0.1, 0.15) is 36.0 Å². The van der Waals surface area contributed by atoms with E-state index in [1.165, 1.54) is 0 Å². The van der Waals surface area contributed by atoms with Crippen molar-refractivity contribution in [3.8, 4) is 0 Å². The highest BCUT2D eigenvalue weighted by Gasteiger charge is 2.35. The lowest BCUT2D eigenvalue weighted by molar-refractivity contribution is 0.131. The lowest BCUT2D eigenvalue weighted by Crippen LogP contribution is -2.27. The summed E-state index contributed by atoms with van der Waals surface area (Å²) >= 11 is 0. The van der Waals surface area contributed by atoms with Crippen molar-refractivity contribution >= 4 is 5.82 Å². The molecule has 2 aromatic rings. The number of aromatic nitrogens is 4. The minimum atomic E-state index is -0.296. The van der Waals surface area contributed by atoms with E-state index < -0.39 is 0 Å². The summed E-state index contributed by atoms with van der Waals surface area (Å²) in [6.07, 6.45) is 3.26. The minimum absolute atomic E-state index is 0.239. The van der Waals surface area contributed by atoms with Gasteiger partial charge in [-0.05, 0) is 37.3 Å². The maximum atomic E-state index is 10.3. The Kier molecular flexibility index (Phi) is 5.11. The van der Waals surface area contributed by atoms with Crippen LogP contribution in [-0.2, 0) is 6.54 Å². The number of aromatic amines is 1. The molecular formula is C17H26N6O. The number of nitrogens with zero attached hydrogens (tertiary/aromatic N) is 4. The van der Waals surface area contributed by atoms with Crippen LogP contribution in [-0.4, -0.2) is 52.0 Å². The van der Waals surface area contributed by atoms with Crippen LogP contribution in [0.3, 0.4) is 0 Å². The van der Waals surface area contributed by atoms with Gasteiger partial charge in [-0.3, -0.25) is 5.10 Å². The van der Waals surface area contributed by atoms with Crippen molar-refractivity contribution in [3.05, 3.63) is 35.5 Å². The summed E-state index contributed by atoms with van der Waals surface area (Å²) in [7, 11) is 3.96. The fourth-order valence-electron chi connectivity index (χ4n) is 3.26. The summed E-state index contributed by atoms with van der Waals surface area (Å²) in [5.74, 6) is 3.10. The second-order valence-electron chi connectivity index (χ2n) is 6.82. The molecule has 3 rings (SSSR count). The Balaban J connectivity index is 1.48. The molecule has 7 heteroatoms. The maximum Gasteiger partial charge on any atom is 0.153 e. The normalized spacial score (nSPS) is 23.6. The highest BCUT2D eigenvalue weighted by Crippen LogP contribution is 2.36. The first-order valence-corrected chi connectivity index (χ1v) is 8.43. The van der Waals surface area contributed by atoms with Crippen molar-refractivity contribution in [3.63, 3.8) is 0 Å². The predicted octanol–water partition coefficient (Wildman–Crippen LogP) is 1.22. The van der Waals surface area contributed by atoms with Crippen LogP contribution >= 0.6 is 0 Å². The van der Waals surface area contributed by atoms with Gasteiger partial charge >= 0.3 is 0 Å². The van der Waals surface area contributed by atoms with Gasteiger partial charge in [-0.15, -0.1) is 0 Å². The molecule has 130 valence electrons. The zero-order valence-electron chi connectivity index (χ0n) is 14.5. The maximum absolute atomic E-state index is 10.3. The number of rotatable bonds is 6. The molecule has 24 heavy (non-hydrogen) atoms. The van der Waals surface area contributed by atoms with Gasteiger partial charge in [-0.2, -0.15) is 5.10 Å². The summed E-state index contributed by atoms with van der Waals surface area (Å²) in [5, 5.41) is 20.9. The fourth-order valence-corrected chi connectivity index (χ4v) is 3.26. The Bertz CT molecular complexity index is 653. The molecule has 3 atom stereocenters.